The molecule has 40 heavy (non-hydrogen) atoms. The number of aliphatic hydroxyl groups excluding tert-OH is 3. The Morgan fingerprint density at radius 2 is 1.32 bits per heavy atom. The minimum absolute atomic E-state index is 0. The summed E-state index contributed by atoms with van der Waals surface area (Å²) in [6, 6.07) is 0. The fourth-order valence-electron chi connectivity index (χ4n) is 4.59. The standard InChI is InChI=1S/C27H51FO10S.Na/c1-2-3-4-5-6-7-8-9-10-11-12-13-14-15-16-17-23(29)37-21(18-28)19-36-27-26(32)25(31)24(30)22(38-27)20-39(33,34)35;/h21-22,24-27,30-32H,2-20H2,1H3,(H,33,34,35);/q;+1/p-1/t21?,22-,24-,25+,26-,27+;/m1./s1/i28-1;. The van der Waals surface area contributed by atoms with Gasteiger partial charge in [-0.15, -0.1) is 0 Å². The number of unbranched alkanes of at least 4 members (excludes halogenated alkanes) is 14. The van der Waals surface area contributed by atoms with Crippen molar-refractivity contribution in [2.75, 3.05) is 19.0 Å². The predicted molar refractivity (Wildman–Crippen MR) is 143 cm³/mol. The van der Waals surface area contributed by atoms with Crippen LogP contribution in [0.3, 0.4) is 0 Å². The zero-order chi connectivity index (χ0) is 29.1. The van der Waals surface area contributed by atoms with Gasteiger partial charge in [0.05, 0.1) is 22.5 Å². The summed E-state index contributed by atoms with van der Waals surface area (Å²) in [6.07, 6.45) is 8.05. The second-order valence-corrected chi connectivity index (χ2v) is 12.0. The van der Waals surface area contributed by atoms with Gasteiger partial charge in [0.2, 0.25) is 0 Å². The van der Waals surface area contributed by atoms with E-state index in [-0.39, 0.29) is 36.0 Å². The molecule has 0 aromatic carbocycles. The molecule has 232 valence electrons. The quantitative estimate of drug-likeness (QED) is 0.0645. The van der Waals surface area contributed by atoms with Crippen LogP contribution >= 0.6 is 0 Å². The Bertz CT molecular complexity index is 745. The molecule has 0 aromatic heterocycles. The van der Waals surface area contributed by atoms with Gasteiger partial charge >= 0.3 is 35.5 Å². The summed E-state index contributed by atoms with van der Waals surface area (Å²) in [4.78, 5) is 12.1. The summed E-state index contributed by atoms with van der Waals surface area (Å²) >= 11 is 0. The Kier molecular flexibility index (Phi) is 23.6. The third kappa shape index (κ3) is 18.6. The molecule has 1 aliphatic rings. The van der Waals surface area contributed by atoms with E-state index < -0.39 is 71.9 Å². The zero-order valence-corrected chi connectivity index (χ0v) is 27.2. The van der Waals surface area contributed by atoms with Crippen molar-refractivity contribution >= 4 is 16.1 Å². The third-order valence-electron chi connectivity index (χ3n) is 6.94. The minimum Gasteiger partial charge on any atom is -0.748 e. The molecule has 1 aliphatic heterocycles. The maximum Gasteiger partial charge on any atom is 1.00 e. The first-order valence-corrected chi connectivity index (χ1v) is 16.2. The molecule has 0 bridgehead atoms. The number of halogens is 1. The SMILES string of the molecule is CCCCCCCCCCCCCCCCCC(=O)OC(C[18F])CO[C@H]1O[C@H](CS(=O)(=O)[O-])[C@@H](O)[C@H](O)[C@H]1O.[Na+]. The van der Waals surface area contributed by atoms with Crippen LogP contribution in [0.4, 0.5) is 4.39 Å². The van der Waals surface area contributed by atoms with Crippen molar-refractivity contribution in [3.05, 3.63) is 0 Å². The molecule has 6 atom stereocenters. The molecular weight excluding hydrogens is 557 g/mol. The van der Waals surface area contributed by atoms with E-state index >= 15 is 0 Å². The van der Waals surface area contributed by atoms with Crippen molar-refractivity contribution in [3.8, 4) is 0 Å². The molecule has 10 nitrogen and oxygen atoms in total. The molecule has 13 heteroatoms. The minimum atomic E-state index is -4.81. The Hall–Kier alpha value is 0.110. The van der Waals surface area contributed by atoms with Crippen LogP contribution in [-0.2, 0) is 29.1 Å². The van der Waals surface area contributed by atoms with Crippen LogP contribution in [0.15, 0.2) is 0 Å². The first kappa shape index (κ1) is 40.1. The molecule has 1 saturated heterocycles. The summed E-state index contributed by atoms with van der Waals surface area (Å²) in [5.74, 6) is -1.75. The molecule has 1 fully saturated rings. The summed E-state index contributed by atoms with van der Waals surface area (Å²) < 4.78 is 61.7. The van der Waals surface area contributed by atoms with E-state index in [0.717, 1.165) is 19.3 Å². The van der Waals surface area contributed by atoms with E-state index in [1.54, 1.807) is 0 Å². The van der Waals surface area contributed by atoms with E-state index in [4.69, 9.17) is 14.2 Å². The molecule has 1 heterocycles. The van der Waals surface area contributed by atoms with Gasteiger partial charge in [-0.1, -0.05) is 96.8 Å². The van der Waals surface area contributed by atoms with Crippen LogP contribution in [0.25, 0.3) is 0 Å². The van der Waals surface area contributed by atoms with Crippen molar-refractivity contribution in [2.24, 2.45) is 0 Å². The van der Waals surface area contributed by atoms with Crippen molar-refractivity contribution in [2.45, 2.75) is 146 Å². The Balaban J connectivity index is 0.0000152. The maximum absolute atomic E-state index is 13.4. The van der Waals surface area contributed by atoms with Crippen LogP contribution in [0.5, 0.6) is 0 Å². The van der Waals surface area contributed by atoms with Gasteiger partial charge in [0.1, 0.15) is 31.1 Å². The number of esters is 1. The average Bonchev–Trinajstić information content (AvgIpc) is 2.88. The van der Waals surface area contributed by atoms with Gasteiger partial charge in [-0.3, -0.25) is 4.79 Å². The van der Waals surface area contributed by atoms with E-state index in [1.807, 2.05) is 0 Å². The second-order valence-electron chi connectivity index (χ2n) is 10.5. The van der Waals surface area contributed by atoms with Gasteiger partial charge < -0.3 is 34.1 Å². The monoisotopic (exact) mass is 607 g/mol. The van der Waals surface area contributed by atoms with E-state index in [1.165, 1.54) is 70.6 Å². The van der Waals surface area contributed by atoms with E-state index in [9.17, 15) is 37.5 Å². The fourth-order valence-corrected chi connectivity index (χ4v) is 5.27. The smallest absolute Gasteiger partial charge is 0.748 e. The molecule has 0 spiro atoms. The molecule has 0 aliphatic carbocycles. The first-order chi connectivity index (χ1) is 18.6. The van der Waals surface area contributed by atoms with Crippen LogP contribution in [-0.4, -0.2) is 90.1 Å². The molecule has 0 saturated carbocycles. The van der Waals surface area contributed by atoms with Crippen LogP contribution in [0.2, 0.25) is 0 Å². The summed E-state index contributed by atoms with van der Waals surface area (Å²) in [7, 11) is -4.81. The van der Waals surface area contributed by atoms with Gasteiger partial charge in [-0.2, -0.15) is 0 Å². The molecule has 0 radical (unpaired) electrons. The zero-order valence-electron chi connectivity index (χ0n) is 24.4. The van der Waals surface area contributed by atoms with Crippen LogP contribution < -0.4 is 29.6 Å². The van der Waals surface area contributed by atoms with E-state index in [2.05, 4.69) is 6.92 Å². The summed E-state index contributed by atoms with van der Waals surface area (Å²) in [5.41, 5.74) is 0. The second kappa shape index (κ2) is 23.6. The van der Waals surface area contributed by atoms with Crippen molar-refractivity contribution in [1.82, 2.24) is 0 Å². The number of alkyl halides is 1. The van der Waals surface area contributed by atoms with Gasteiger partial charge in [0, 0.05) is 6.42 Å². The summed E-state index contributed by atoms with van der Waals surface area (Å²) in [6.45, 7) is 0.622. The number of carbonyl (C=O) groups excluding carboxylic acids is 1. The molecule has 1 rings (SSSR count). The van der Waals surface area contributed by atoms with Crippen molar-refractivity contribution in [1.29, 1.82) is 0 Å². The molecule has 1 unspecified atom stereocenters. The predicted octanol–water partition coefficient (Wildman–Crippen LogP) is 0.503. The molecular formula is C27H50FNaO10S. The topological polar surface area (TPSA) is 163 Å². The van der Waals surface area contributed by atoms with Crippen molar-refractivity contribution in [3.63, 3.8) is 0 Å². The van der Waals surface area contributed by atoms with Gasteiger partial charge in [-0.05, 0) is 6.42 Å². The Morgan fingerprint density at radius 1 is 0.850 bits per heavy atom. The number of aliphatic hydroxyl groups is 3. The number of hydrogen-bond acceptors (Lipinski definition) is 10. The normalized spacial score (nSPS) is 23.9. The van der Waals surface area contributed by atoms with Gasteiger partial charge in [0.25, 0.3) is 0 Å². The van der Waals surface area contributed by atoms with Crippen LogP contribution in [0.1, 0.15) is 110 Å². The molecule has 3 N–H and O–H groups in total. The Labute approximate surface area is 261 Å². The average molecular weight is 608 g/mol. The first-order valence-electron chi connectivity index (χ1n) is 14.6. The Morgan fingerprint density at radius 3 is 1.77 bits per heavy atom. The molecule has 0 amide bonds. The van der Waals surface area contributed by atoms with Gasteiger partial charge in [-0.25, -0.2) is 12.8 Å². The number of rotatable bonds is 23. The maximum atomic E-state index is 13.4. The van der Waals surface area contributed by atoms with E-state index in [0.29, 0.717) is 6.42 Å². The fraction of sp³-hybridized carbons (Fsp3) is 0.963. The molecule has 0 aromatic rings. The van der Waals surface area contributed by atoms with Crippen LogP contribution in [0, 0.1) is 0 Å². The largest absolute Gasteiger partial charge is 1.00 e. The van der Waals surface area contributed by atoms with Crippen molar-refractivity contribution < 1.29 is 81.2 Å². The number of ether oxygens (including phenoxy) is 3. The number of carbonyl (C=O) groups is 1. The van der Waals surface area contributed by atoms with Gasteiger partial charge in [0.15, 0.2) is 12.4 Å². The summed E-state index contributed by atoms with van der Waals surface area (Å²) in [5, 5.41) is 29.7. The third-order valence-corrected chi connectivity index (χ3v) is 7.67. The number of hydrogen-bond donors (Lipinski definition) is 3.